The number of aromatic nitrogens is 5. The molecule has 4 heterocycles. The summed E-state index contributed by atoms with van der Waals surface area (Å²) in [5, 5.41) is 2.08. The lowest BCUT2D eigenvalue weighted by molar-refractivity contribution is 1.22. The molecular formula is C34H21N5. The van der Waals surface area contributed by atoms with E-state index in [0.29, 0.717) is 5.82 Å². The van der Waals surface area contributed by atoms with Crippen molar-refractivity contribution in [3.63, 3.8) is 0 Å². The Hall–Kier alpha value is -5.42. The number of pyridine rings is 2. The van der Waals surface area contributed by atoms with Crippen LogP contribution < -0.4 is 0 Å². The monoisotopic (exact) mass is 499 g/mol. The largest absolute Gasteiger partial charge is 0.298 e. The van der Waals surface area contributed by atoms with E-state index in [1.165, 1.54) is 0 Å². The number of hydrogen-bond acceptors (Lipinski definition) is 4. The number of fused-ring (bicyclic) bond motifs is 6. The van der Waals surface area contributed by atoms with Crippen molar-refractivity contribution in [1.82, 2.24) is 24.3 Å². The Balaban J connectivity index is 1.38. The first-order valence-corrected chi connectivity index (χ1v) is 12.9. The van der Waals surface area contributed by atoms with E-state index in [0.717, 1.165) is 66.6 Å². The second-order valence-electron chi connectivity index (χ2n) is 9.58. The first-order valence-electron chi connectivity index (χ1n) is 12.9. The molecule has 0 aliphatic heterocycles. The third-order valence-electron chi connectivity index (χ3n) is 7.19. The molecule has 0 bridgehead atoms. The normalized spacial score (nSPS) is 11.6. The summed E-state index contributed by atoms with van der Waals surface area (Å²) in [6, 6.07) is 41.1. The van der Waals surface area contributed by atoms with Crippen LogP contribution in [0.3, 0.4) is 0 Å². The zero-order valence-corrected chi connectivity index (χ0v) is 20.9. The van der Waals surface area contributed by atoms with Gasteiger partial charge in [-0.2, -0.15) is 0 Å². The third kappa shape index (κ3) is 3.48. The fourth-order valence-electron chi connectivity index (χ4n) is 5.38. The summed E-state index contributed by atoms with van der Waals surface area (Å²) in [5.41, 5.74) is 9.47. The van der Waals surface area contributed by atoms with Gasteiger partial charge in [0.25, 0.3) is 0 Å². The van der Waals surface area contributed by atoms with Gasteiger partial charge in [-0.1, -0.05) is 91.0 Å². The highest BCUT2D eigenvalue weighted by molar-refractivity contribution is 6.09. The molecule has 0 aliphatic carbocycles. The highest BCUT2D eigenvalue weighted by Crippen LogP contribution is 2.35. The summed E-state index contributed by atoms with van der Waals surface area (Å²) in [4.78, 5) is 20.2. The molecular weight excluding hydrogens is 478 g/mol. The highest BCUT2D eigenvalue weighted by Gasteiger charge is 2.17. The van der Waals surface area contributed by atoms with Gasteiger partial charge in [0.15, 0.2) is 5.82 Å². The van der Waals surface area contributed by atoms with Gasteiger partial charge in [0.2, 0.25) is 0 Å². The molecule has 0 amide bonds. The summed E-state index contributed by atoms with van der Waals surface area (Å²) < 4.78 is 2.12. The second-order valence-corrected chi connectivity index (χ2v) is 9.58. The van der Waals surface area contributed by atoms with Crippen LogP contribution in [0, 0.1) is 0 Å². The Bertz CT molecular complexity index is 2180. The van der Waals surface area contributed by atoms with Crippen LogP contribution in [0.4, 0.5) is 0 Å². The molecule has 0 N–H and O–H groups in total. The number of nitrogens with zero attached hydrogens (tertiary/aromatic N) is 5. The topological polar surface area (TPSA) is 56.0 Å². The molecule has 0 unspecified atom stereocenters. The molecule has 8 rings (SSSR count). The Morgan fingerprint density at radius 2 is 1.15 bits per heavy atom. The first kappa shape index (κ1) is 21.6. The standard InChI is InChI=1S/C34H21N5/c1-2-11-22(12-3-1)30-25-15-4-7-18-28(25)36-34(38-30)24-14-10-13-23(21-24)31-33-32(26-16-5-6-17-27(26)35-31)37-29-19-8-9-20-39(29)33/h1-21H. The second kappa shape index (κ2) is 8.57. The maximum absolute atomic E-state index is 5.14. The molecule has 8 aromatic rings. The summed E-state index contributed by atoms with van der Waals surface area (Å²) in [6.07, 6.45) is 2.05. The van der Waals surface area contributed by atoms with Crippen molar-refractivity contribution in [2.45, 2.75) is 0 Å². The number of para-hydroxylation sites is 2. The van der Waals surface area contributed by atoms with Crippen molar-refractivity contribution < 1.29 is 0 Å². The SMILES string of the molecule is c1ccc(-c2nc(-c3cccc(-c4nc5ccccc5c5nc6ccccn6c45)c3)nc3ccccc23)cc1. The van der Waals surface area contributed by atoms with Crippen molar-refractivity contribution >= 4 is 38.5 Å². The minimum atomic E-state index is 0.685. The molecule has 39 heavy (non-hydrogen) atoms. The zero-order valence-electron chi connectivity index (χ0n) is 20.9. The van der Waals surface area contributed by atoms with Crippen molar-refractivity contribution in [2.75, 3.05) is 0 Å². The van der Waals surface area contributed by atoms with Gasteiger partial charge in [-0.25, -0.2) is 19.9 Å². The van der Waals surface area contributed by atoms with Crippen molar-refractivity contribution in [3.8, 4) is 33.9 Å². The average Bonchev–Trinajstić information content (AvgIpc) is 3.41. The highest BCUT2D eigenvalue weighted by atomic mass is 15.0. The van der Waals surface area contributed by atoms with Crippen molar-refractivity contribution in [3.05, 3.63) is 128 Å². The number of imidazole rings is 1. The molecule has 0 radical (unpaired) electrons. The summed E-state index contributed by atoms with van der Waals surface area (Å²) in [7, 11) is 0. The molecule has 0 atom stereocenters. The van der Waals surface area contributed by atoms with E-state index in [1.54, 1.807) is 0 Å². The quantitative estimate of drug-likeness (QED) is 0.247. The maximum atomic E-state index is 5.14. The number of hydrogen-bond donors (Lipinski definition) is 0. The number of benzene rings is 4. The van der Waals surface area contributed by atoms with Crippen LogP contribution in [-0.2, 0) is 0 Å². The predicted octanol–water partition coefficient (Wildman–Crippen LogP) is 7.98. The summed E-state index contributed by atoms with van der Waals surface area (Å²) in [6.45, 7) is 0. The Morgan fingerprint density at radius 3 is 2.03 bits per heavy atom. The molecule has 5 heteroatoms. The van der Waals surface area contributed by atoms with Crippen LogP contribution >= 0.6 is 0 Å². The van der Waals surface area contributed by atoms with E-state index >= 15 is 0 Å². The van der Waals surface area contributed by atoms with Crippen molar-refractivity contribution in [2.24, 2.45) is 0 Å². The first-order chi connectivity index (χ1) is 19.3. The summed E-state index contributed by atoms with van der Waals surface area (Å²) in [5.74, 6) is 0.685. The Kier molecular flexibility index (Phi) is 4.76. The van der Waals surface area contributed by atoms with Gasteiger partial charge in [0, 0.05) is 33.7 Å². The predicted molar refractivity (Wildman–Crippen MR) is 157 cm³/mol. The average molecular weight is 500 g/mol. The van der Waals surface area contributed by atoms with Gasteiger partial charge in [0.05, 0.1) is 27.9 Å². The van der Waals surface area contributed by atoms with Crippen LogP contribution in [0.1, 0.15) is 0 Å². The van der Waals surface area contributed by atoms with Gasteiger partial charge in [-0.05, 0) is 30.3 Å². The van der Waals surface area contributed by atoms with Crippen LogP contribution in [0.5, 0.6) is 0 Å². The lowest BCUT2D eigenvalue weighted by Gasteiger charge is -2.11. The van der Waals surface area contributed by atoms with Crippen LogP contribution in [0.2, 0.25) is 0 Å². The zero-order chi connectivity index (χ0) is 25.8. The van der Waals surface area contributed by atoms with E-state index in [1.807, 2.05) is 79.0 Å². The van der Waals surface area contributed by atoms with E-state index in [2.05, 4.69) is 52.9 Å². The Labute approximate surface area is 224 Å². The van der Waals surface area contributed by atoms with Gasteiger partial charge in [-0.3, -0.25) is 4.40 Å². The van der Waals surface area contributed by atoms with Crippen LogP contribution in [0.25, 0.3) is 72.4 Å². The van der Waals surface area contributed by atoms with E-state index in [-0.39, 0.29) is 0 Å². The molecule has 4 aromatic carbocycles. The van der Waals surface area contributed by atoms with Gasteiger partial charge in [-0.15, -0.1) is 0 Å². The van der Waals surface area contributed by atoms with Gasteiger partial charge >= 0.3 is 0 Å². The van der Waals surface area contributed by atoms with Crippen molar-refractivity contribution in [1.29, 1.82) is 0 Å². The van der Waals surface area contributed by atoms with Gasteiger partial charge in [0.1, 0.15) is 11.2 Å². The molecule has 0 spiro atoms. The molecule has 182 valence electrons. The smallest absolute Gasteiger partial charge is 0.160 e. The lowest BCUT2D eigenvalue weighted by Crippen LogP contribution is -1.96. The van der Waals surface area contributed by atoms with E-state index in [9.17, 15) is 0 Å². The lowest BCUT2D eigenvalue weighted by atomic mass is 10.0. The minimum Gasteiger partial charge on any atom is -0.298 e. The van der Waals surface area contributed by atoms with E-state index in [4.69, 9.17) is 19.9 Å². The minimum absolute atomic E-state index is 0.685. The van der Waals surface area contributed by atoms with Gasteiger partial charge < -0.3 is 0 Å². The molecule has 0 aliphatic rings. The fraction of sp³-hybridized carbons (Fsp3) is 0. The summed E-state index contributed by atoms with van der Waals surface area (Å²) >= 11 is 0. The Morgan fingerprint density at radius 1 is 0.462 bits per heavy atom. The molecule has 4 aromatic heterocycles. The van der Waals surface area contributed by atoms with Crippen LogP contribution in [-0.4, -0.2) is 24.3 Å². The maximum Gasteiger partial charge on any atom is 0.160 e. The fourth-order valence-corrected chi connectivity index (χ4v) is 5.38. The molecule has 5 nitrogen and oxygen atoms in total. The molecule has 0 saturated carbocycles. The van der Waals surface area contributed by atoms with Crippen LogP contribution in [0.15, 0.2) is 128 Å². The van der Waals surface area contributed by atoms with E-state index < -0.39 is 0 Å². The molecule has 0 saturated heterocycles. The number of rotatable bonds is 3. The third-order valence-corrected chi connectivity index (χ3v) is 7.19. The molecule has 0 fully saturated rings.